The van der Waals surface area contributed by atoms with E-state index in [1.807, 2.05) is 26.2 Å². The van der Waals surface area contributed by atoms with E-state index in [-0.39, 0.29) is 11.9 Å². The first-order chi connectivity index (χ1) is 9.11. The fourth-order valence-electron chi connectivity index (χ4n) is 2.15. The Balaban J connectivity index is 2.29. The molecule has 0 aliphatic rings. The lowest BCUT2D eigenvalue weighted by molar-refractivity contribution is 0.504. The number of rotatable bonds is 5. The second-order valence-electron chi connectivity index (χ2n) is 4.43. The summed E-state index contributed by atoms with van der Waals surface area (Å²) in [7, 11) is 1.86. The van der Waals surface area contributed by atoms with E-state index >= 15 is 0 Å². The van der Waals surface area contributed by atoms with Crippen LogP contribution in [0.25, 0.3) is 0 Å². The van der Waals surface area contributed by atoms with Crippen molar-refractivity contribution in [2.75, 3.05) is 6.54 Å². The Kier molecular flexibility index (Phi) is 4.56. The number of aromatic nitrogens is 2. The van der Waals surface area contributed by atoms with Crippen molar-refractivity contribution >= 4 is 11.6 Å². The summed E-state index contributed by atoms with van der Waals surface area (Å²) in [6, 6.07) is 6.52. The third-order valence-corrected chi connectivity index (χ3v) is 3.31. The van der Waals surface area contributed by atoms with Crippen LogP contribution in [0.2, 0.25) is 5.02 Å². The van der Waals surface area contributed by atoms with Crippen LogP contribution in [0.15, 0.2) is 30.5 Å². The van der Waals surface area contributed by atoms with Crippen molar-refractivity contribution in [3.8, 4) is 0 Å². The van der Waals surface area contributed by atoms with Gasteiger partial charge in [0.15, 0.2) is 0 Å². The lowest BCUT2D eigenvalue weighted by Crippen LogP contribution is -2.24. The zero-order valence-electron chi connectivity index (χ0n) is 11.0. The average molecular weight is 282 g/mol. The van der Waals surface area contributed by atoms with Crippen LogP contribution in [0.3, 0.4) is 0 Å². The van der Waals surface area contributed by atoms with Gasteiger partial charge in [-0.05, 0) is 24.7 Å². The van der Waals surface area contributed by atoms with Gasteiger partial charge in [-0.25, -0.2) is 4.39 Å². The van der Waals surface area contributed by atoms with Crippen molar-refractivity contribution in [2.24, 2.45) is 7.05 Å². The summed E-state index contributed by atoms with van der Waals surface area (Å²) in [6.45, 7) is 2.72. The molecule has 1 unspecified atom stereocenters. The molecule has 1 atom stereocenters. The number of halogens is 2. The molecule has 0 bridgehead atoms. The third kappa shape index (κ3) is 3.33. The first-order valence-corrected chi connectivity index (χ1v) is 6.65. The minimum Gasteiger partial charge on any atom is -0.310 e. The van der Waals surface area contributed by atoms with Crippen molar-refractivity contribution < 1.29 is 4.39 Å². The Hall–Kier alpha value is -1.39. The molecule has 0 saturated carbocycles. The van der Waals surface area contributed by atoms with Crippen molar-refractivity contribution in [3.05, 3.63) is 52.6 Å². The van der Waals surface area contributed by atoms with E-state index in [1.165, 1.54) is 6.07 Å². The van der Waals surface area contributed by atoms with Crippen LogP contribution in [0.4, 0.5) is 4.39 Å². The molecule has 0 radical (unpaired) electrons. The van der Waals surface area contributed by atoms with Crippen molar-refractivity contribution in [3.63, 3.8) is 0 Å². The SMILES string of the molecule is CCNC(Cc1ccn(C)n1)c1c(F)cccc1Cl. The highest BCUT2D eigenvalue weighted by molar-refractivity contribution is 6.31. The molecule has 0 amide bonds. The van der Waals surface area contributed by atoms with Crippen LogP contribution in [0, 0.1) is 5.82 Å². The van der Waals surface area contributed by atoms with Gasteiger partial charge in [-0.2, -0.15) is 5.10 Å². The maximum absolute atomic E-state index is 14.0. The van der Waals surface area contributed by atoms with Crippen LogP contribution in [-0.2, 0) is 13.5 Å². The van der Waals surface area contributed by atoms with Gasteiger partial charge in [0.2, 0.25) is 0 Å². The van der Waals surface area contributed by atoms with Crippen molar-refractivity contribution in [1.29, 1.82) is 0 Å². The monoisotopic (exact) mass is 281 g/mol. The molecule has 2 aromatic rings. The standard InChI is InChI=1S/C14H17ClFN3/c1-3-17-13(9-10-7-8-19(2)18-10)14-11(15)5-4-6-12(14)16/h4-8,13,17H,3,9H2,1-2H3. The predicted molar refractivity (Wildman–Crippen MR) is 74.7 cm³/mol. The normalized spacial score (nSPS) is 12.6. The first-order valence-electron chi connectivity index (χ1n) is 6.27. The molecule has 0 aliphatic carbocycles. The molecule has 1 aromatic heterocycles. The summed E-state index contributed by atoms with van der Waals surface area (Å²) >= 11 is 6.13. The Morgan fingerprint density at radius 3 is 2.79 bits per heavy atom. The van der Waals surface area contributed by atoms with Gasteiger partial charge < -0.3 is 5.32 Å². The highest BCUT2D eigenvalue weighted by Crippen LogP contribution is 2.28. The lowest BCUT2D eigenvalue weighted by atomic mass is 10.0. The van der Waals surface area contributed by atoms with Crippen LogP contribution in [0.1, 0.15) is 24.2 Å². The first kappa shape index (κ1) is 14.0. The molecule has 0 spiro atoms. The molecule has 5 heteroatoms. The summed E-state index contributed by atoms with van der Waals surface area (Å²) in [6.07, 6.45) is 2.48. The van der Waals surface area contributed by atoms with E-state index in [0.29, 0.717) is 17.0 Å². The zero-order chi connectivity index (χ0) is 13.8. The summed E-state index contributed by atoms with van der Waals surface area (Å²) in [5, 5.41) is 8.04. The smallest absolute Gasteiger partial charge is 0.129 e. The minimum absolute atomic E-state index is 0.173. The van der Waals surface area contributed by atoms with Crippen molar-refractivity contribution in [1.82, 2.24) is 15.1 Å². The summed E-state index contributed by atoms with van der Waals surface area (Å²) < 4.78 is 15.7. The highest BCUT2D eigenvalue weighted by Gasteiger charge is 2.19. The number of hydrogen-bond donors (Lipinski definition) is 1. The summed E-state index contributed by atoms with van der Waals surface area (Å²) in [5.41, 5.74) is 1.42. The second-order valence-corrected chi connectivity index (χ2v) is 4.84. The van der Waals surface area contributed by atoms with Gasteiger partial charge in [0.05, 0.1) is 5.69 Å². The third-order valence-electron chi connectivity index (χ3n) is 2.98. The van der Waals surface area contributed by atoms with E-state index < -0.39 is 0 Å². The molecule has 102 valence electrons. The minimum atomic E-state index is -0.283. The molecular formula is C14H17ClFN3. The second kappa shape index (κ2) is 6.17. The van der Waals surface area contributed by atoms with Gasteiger partial charge in [0.25, 0.3) is 0 Å². The quantitative estimate of drug-likeness (QED) is 0.913. The van der Waals surface area contributed by atoms with E-state index in [1.54, 1.807) is 16.8 Å². The molecule has 19 heavy (non-hydrogen) atoms. The molecule has 1 aromatic carbocycles. The number of benzene rings is 1. The molecule has 2 rings (SSSR count). The lowest BCUT2D eigenvalue weighted by Gasteiger charge is -2.19. The maximum Gasteiger partial charge on any atom is 0.129 e. The highest BCUT2D eigenvalue weighted by atomic mass is 35.5. The van der Waals surface area contributed by atoms with Crippen molar-refractivity contribution in [2.45, 2.75) is 19.4 Å². The largest absolute Gasteiger partial charge is 0.310 e. The zero-order valence-corrected chi connectivity index (χ0v) is 11.8. The van der Waals surface area contributed by atoms with E-state index in [9.17, 15) is 4.39 Å². The number of aryl methyl sites for hydroxylation is 1. The molecule has 1 heterocycles. The topological polar surface area (TPSA) is 29.9 Å². The molecule has 0 fully saturated rings. The number of nitrogens with zero attached hydrogens (tertiary/aromatic N) is 2. The maximum atomic E-state index is 14.0. The van der Waals surface area contributed by atoms with Gasteiger partial charge >= 0.3 is 0 Å². The van der Waals surface area contributed by atoms with Crippen LogP contribution < -0.4 is 5.32 Å². The Bertz CT molecular complexity index is 533. The molecule has 0 saturated heterocycles. The number of likely N-dealkylation sites (N-methyl/N-ethyl adjacent to an activating group) is 1. The van der Waals surface area contributed by atoms with Gasteiger partial charge in [-0.1, -0.05) is 24.6 Å². The van der Waals surface area contributed by atoms with Crippen LogP contribution in [0.5, 0.6) is 0 Å². The Labute approximate surface area is 117 Å². The fraction of sp³-hybridized carbons (Fsp3) is 0.357. The molecule has 1 N–H and O–H groups in total. The summed E-state index contributed by atoms with van der Waals surface area (Å²) in [4.78, 5) is 0. The van der Waals surface area contributed by atoms with Crippen LogP contribution >= 0.6 is 11.6 Å². The molecular weight excluding hydrogens is 265 g/mol. The van der Waals surface area contributed by atoms with Gasteiger partial charge in [0, 0.05) is 36.3 Å². The fourth-order valence-corrected chi connectivity index (χ4v) is 2.44. The van der Waals surface area contributed by atoms with E-state index in [2.05, 4.69) is 10.4 Å². The van der Waals surface area contributed by atoms with E-state index in [4.69, 9.17) is 11.6 Å². The number of hydrogen-bond acceptors (Lipinski definition) is 2. The van der Waals surface area contributed by atoms with Gasteiger partial charge in [0.1, 0.15) is 5.82 Å². The van der Waals surface area contributed by atoms with E-state index in [0.717, 1.165) is 12.2 Å². The molecule has 0 aliphatic heterocycles. The Morgan fingerprint density at radius 1 is 1.42 bits per heavy atom. The Morgan fingerprint density at radius 2 is 2.21 bits per heavy atom. The van der Waals surface area contributed by atoms with Crippen LogP contribution in [-0.4, -0.2) is 16.3 Å². The van der Waals surface area contributed by atoms with Gasteiger partial charge in [-0.15, -0.1) is 0 Å². The summed E-state index contributed by atoms with van der Waals surface area (Å²) in [5.74, 6) is -0.283. The average Bonchev–Trinajstić information content (AvgIpc) is 2.75. The van der Waals surface area contributed by atoms with Gasteiger partial charge in [-0.3, -0.25) is 4.68 Å². The predicted octanol–water partition coefficient (Wildman–Crippen LogP) is 3.11. The molecule has 3 nitrogen and oxygen atoms in total. The number of nitrogens with one attached hydrogen (secondary N) is 1.